The van der Waals surface area contributed by atoms with E-state index >= 15 is 0 Å². The molecular weight excluding hydrogens is 242 g/mol. The number of hydrogen-bond acceptors (Lipinski definition) is 4. The van der Waals surface area contributed by atoms with Gasteiger partial charge in [-0.05, 0) is 32.8 Å². The van der Waals surface area contributed by atoms with Crippen LogP contribution in [0.15, 0.2) is 6.07 Å². The maximum absolute atomic E-state index is 12.6. The van der Waals surface area contributed by atoms with Gasteiger partial charge in [-0.25, -0.2) is 0 Å². The van der Waals surface area contributed by atoms with Gasteiger partial charge in [-0.1, -0.05) is 12.8 Å². The van der Waals surface area contributed by atoms with Gasteiger partial charge in [0.25, 0.3) is 5.91 Å². The highest BCUT2D eigenvalue weighted by molar-refractivity contribution is 5.95. The SMILES string of the molecule is Cc1cc(C(=O)N2CCCCCC2CO)c(C)nn1. The van der Waals surface area contributed by atoms with Gasteiger partial charge < -0.3 is 10.0 Å². The molecule has 1 aromatic rings. The molecule has 2 heterocycles. The van der Waals surface area contributed by atoms with Crippen LogP contribution in [0.4, 0.5) is 0 Å². The van der Waals surface area contributed by atoms with E-state index in [9.17, 15) is 9.90 Å². The minimum absolute atomic E-state index is 0.0300. The number of rotatable bonds is 2. The summed E-state index contributed by atoms with van der Waals surface area (Å²) in [6.07, 6.45) is 4.06. The van der Waals surface area contributed by atoms with Crippen molar-refractivity contribution in [3.8, 4) is 0 Å². The largest absolute Gasteiger partial charge is 0.394 e. The Labute approximate surface area is 113 Å². The van der Waals surface area contributed by atoms with Gasteiger partial charge in [-0.15, -0.1) is 0 Å². The third-order valence-corrected chi connectivity index (χ3v) is 3.68. The molecule has 0 bridgehead atoms. The number of aromatic nitrogens is 2. The highest BCUT2D eigenvalue weighted by atomic mass is 16.3. The Morgan fingerprint density at radius 2 is 2.16 bits per heavy atom. The second-order valence-electron chi connectivity index (χ2n) is 5.17. The van der Waals surface area contributed by atoms with E-state index in [0.717, 1.165) is 31.4 Å². The van der Waals surface area contributed by atoms with Gasteiger partial charge in [0.2, 0.25) is 0 Å². The zero-order valence-corrected chi connectivity index (χ0v) is 11.6. The Morgan fingerprint density at radius 3 is 2.89 bits per heavy atom. The summed E-state index contributed by atoms with van der Waals surface area (Å²) in [7, 11) is 0. The van der Waals surface area contributed by atoms with Crippen molar-refractivity contribution in [3.63, 3.8) is 0 Å². The number of aryl methyl sites for hydroxylation is 2. The fraction of sp³-hybridized carbons (Fsp3) is 0.643. The average molecular weight is 263 g/mol. The molecule has 1 fully saturated rings. The van der Waals surface area contributed by atoms with Crippen LogP contribution in [0.5, 0.6) is 0 Å². The minimum atomic E-state index is -0.0668. The third-order valence-electron chi connectivity index (χ3n) is 3.68. The zero-order valence-electron chi connectivity index (χ0n) is 11.6. The van der Waals surface area contributed by atoms with E-state index in [2.05, 4.69) is 10.2 Å². The van der Waals surface area contributed by atoms with Crippen molar-refractivity contribution in [3.05, 3.63) is 23.0 Å². The molecule has 1 unspecified atom stereocenters. The molecule has 2 rings (SSSR count). The van der Waals surface area contributed by atoms with Crippen molar-refractivity contribution < 1.29 is 9.90 Å². The summed E-state index contributed by atoms with van der Waals surface area (Å²) in [6, 6.07) is 1.71. The first-order valence-corrected chi connectivity index (χ1v) is 6.86. The fourth-order valence-electron chi connectivity index (χ4n) is 2.56. The van der Waals surface area contributed by atoms with Gasteiger partial charge in [0.05, 0.1) is 29.6 Å². The van der Waals surface area contributed by atoms with E-state index in [1.807, 2.05) is 6.92 Å². The van der Waals surface area contributed by atoms with E-state index in [1.54, 1.807) is 17.9 Å². The number of aliphatic hydroxyl groups is 1. The summed E-state index contributed by atoms with van der Waals surface area (Å²) < 4.78 is 0. The Bertz CT molecular complexity index is 462. The van der Waals surface area contributed by atoms with Crippen LogP contribution in [-0.4, -0.2) is 45.3 Å². The molecule has 5 heteroatoms. The molecule has 1 aliphatic rings. The number of carbonyl (C=O) groups excluding carboxylic acids is 1. The molecule has 1 N–H and O–H groups in total. The summed E-state index contributed by atoms with van der Waals surface area (Å²) >= 11 is 0. The molecule has 1 amide bonds. The lowest BCUT2D eigenvalue weighted by Crippen LogP contribution is -2.42. The predicted octanol–water partition coefficient (Wildman–Crippen LogP) is 1.47. The van der Waals surface area contributed by atoms with E-state index in [4.69, 9.17) is 0 Å². The van der Waals surface area contributed by atoms with Gasteiger partial charge >= 0.3 is 0 Å². The lowest BCUT2D eigenvalue weighted by molar-refractivity contribution is 0.0598. The monoisotopic (exact) mass is 263 g/mol. The van der Waals surface area contributed by atoms with Crippen molar-refractivity contribution in [2.45, 2.75) is 45.6 Å². The lowest BCUT2D eigenvalue weighted by Gasteiger charge is -2.29. The average Bonchev–Trinajstić information content (AvgIpc) is 2.65. The maximum atomic E-state index is 12.6. The summed E-state index contributed by atoms with van der Waals surface area (Å²) in [5.41, 5.74) is 1.99. The summed E-state index contributed by atoms with van der Waals surface area (Å²) in [5.74, 6) is -0.0311. The number of aliphatic hydroxyl groups excluding tert-OH is 1. The Morgan fingerprint density at radius 1 is 1.37 bits per heavy atom. The van der Waals surface area contributed by atoms with E-state index in [0.29, 0.717) is 17.8 Å². The highest BCUT2D eigenvalue weighted by Crippen LogP contribution is 2.20. The van der Waals surface area contributed by atoms with E-state index < -0.39 is 0 Å². The van der Waals surface area contributed by atoms with Gasteiger partial charge in [0.15, 0.2) is 0 Å². The van der Waals surface area contributed by atoms with Crippen LogP contribution in [0.3, 0.4) is 0 Å². The normalized spacial score (nSPS) is 20.2. The quantitative estimate of drug-likeness (QED) is 0.877. The number of likely N-dealkylation sites (tertiary alicyclic amines) is 1. The smallest absolute Gasteiger partial charge is 0.256 e. The molecule has 5 nitrogen and oxygen atoms in total. The molecule has 0 aliphatic carbocycles. The van der Waals surface area contributed by atoms with Crippen LogP contribution in [0, 0.1) is 13.8 Å². The molecule has 1 aromatic heterocycles. The van der Waals surface area contributed by atoms with Crippen molar-refractivity contribution in [1.82, 2.24) is 15.1 Å². The molecule has 1 atom stereocenters. The molecule has 104 valence electrons. The molecule has 1 saturated heterocycles. The van der Waals surface area contributed by atoms with Gasteiger partial charge in [0, 0.05) is 6.54 Å². The Hall–Kier alpha value is -1.49. The molecule has 0 saturated carbocycles. The summed E-state index contributed by atoms with van der Waals surface area (Å²) in [5, 5.41) is 17.4. The fourth-order valence-corrected chi connectivity index (χ4v) is 2.56. The van der Waals surface area contributed by atoms with Crippen LogP contribution in [0.25, 0.3) is 0 Å². The van der Waals surface area contributed by atoms with Gasteiger partial charge in [-0.2, -0.15) is 10.2 Å². The van der Waals surface area contributed by atoms with Crippen LogP contribution < -0.4 is 0 Å². The first-order valence-electron chi connectivity index (χ1n) is 6.86. The topological polar surface area (TPSA) is 66.3 Å². The first-order chi connectivity index (χ1) is 9.13. The molecule has 0 aromatic carbocycles. The number of nitrogens with zero attached hydrogens (tertiary/aromatic N) is 3. The predicted molar refractivity (Wildman–Crippen MR) is 71.9 cm³/mol. The van der Waals surface area contributed by atoms with Crippen LogP contribution >= 0.6 is 0 Å². The van der Waals surface area contributed by atoms with Crippen LogP contribution in [-0.2, 0) is 0 Å². The molecule has 0 radical (unpaired) electrons. The lowest BCUT2D eigenvalue weighted by atomic mass is 10.1. The van der Waals surface area contributed by atoms with Gasteiger partial charge in [-0.3, -0.25) is 4.79 Å². The van der Waals surface area contributed by atoms with Crippen LogP contribution in [0.2, 0.25) is 0 Å². The Kier molecular flexibility index (Phi) is 4.47. The minimum Gasteiger partial charge on any atom is -0.394 e. The summed E-state index contributed by atoms with van der Waals surface area (Å²) in [6.45, 7) is 4.37. The number of amides is 1. The molecule has 1 aliphatic heterocycles. The van der Waals surface area contributed by atoms with Crippen molar-refractivity contribution in [2.75, 3.05) is 13.2 Å². The maximum Gasteiger partial charge on any atom is 0.256 e. The Balaban J connectivity index is 2.27. The second-order valence-corrected chi connectivity index (χ2v) is 5.17. The van der Waals surface area contributed by atoms with Gasteiger partial charge in [0.1, 0.15) is 0 Å². The van der Waals surface area contributed by atoms with Crippen molar-refractivity contribution in [2.24, 2.45) is 0 Å². The second kappa shape index (κ2) is 6.10. The highest BCUT2D eigenvalue weighted by Gasteiger charge is 2.27. The van der Waals surface area contributed by atoms with E-state index in [1.165, 1.54) is 0 Å². The standard InChI is InChI=1S/C14H21N3O2/c1-10-8-13(11(2)16-15-10)14(19)17-7-5-3-4-6-12(17)9-18/h8,12,18H,3-7,9H2,1-2H3. The zero-order chi connectivity index (χ0) is 13.8. The molecule has 19 heavy (non-hydrogen) atoms. The third kappa shape index (κ3) is 3.10. The first kappa shape index (κ1) is 13.9. The molecular formula is C14H21N3O2. The van der Waals surface area contributed by atoms with E-state index in [-0.39, 0.29) is 18.6 Å². The summed E-state index contributed by atoms with van der Waals surface area (Å²) in [4.78, 5) is 14.4. The number of hydrogen-bond donors (Lipinski definition) is 1. The van der Waals surface area contributed by atoms with Crippen molar-refractivity contribution in [1.29, 1.82) is 0 Å². The molecule has 0 spiro atoms. The van der Waals surface area contributed by atoms with Crippen molar-refractivity contribution >= 4 is 5.91 Å². The van der Waals surface area contributed by atoms with Crippen LogP contribution in [0.1, 0.15) is 47.4 Å². The number of carbonyl (C=O) groups is 1.